The molecular weight excluding hydrogens is 242 g/mol. The van der Waals surface area contributed by atoms with Crippen molar-refractivity contribution in [3.63, 3.8) is 0 Å². The highest BCUT2D eigenvalue weighted by Gasteiger charge is 2.26. The topological polar surface area (TPSA) is 70.7 Å². The number of nitrogens with zero attached hydrogens (tertiary/aromatic N) is 1. The van der Waals surface area contributed by atoms with Crippen molar-refractivity contribution in [2.75, 3.05) is 40.4 Å². The average molecular weight is 265 g/mol. The van der Waals surface area contributed by atoms with Gasteiger partial charge in [-0.2, -0.15) is 17.4 Å². The molecule has 17 heavy (non-hydrogen) atoms. The van der Waals surface area contributed by atoms with Crippen LogP contribution in [0.4, 0.5) is 0 Å². The molecular formula is C10H23N3O3S. The molecule has 0 aliphatic carbocycles. The Morgan fingerprint density at radius 3 is 2.88 bits per heavy atom. The predicted molar refractivity (Wildman–Crippen MR) is 67.1 cm³/mol. The Morgan fingerprint density at radius 1 is 1.41 bits per heavy atom. The van der Waals surface area contributed by atoms with E-state index in [1.807, 2.05) is 0 Å². The van der Waals surface area contributed by atoms with Gasteiger partial charge in [-0.05, 0) is 32.4 Å². The van der Waals surface area contributed by atoms with Crippen molar-refractivity contribution in [2.24, 2.45) is 0 Å². The van der Waals surface area contributed by atoms with Crippen LogP contribution >= 0.6 is 0 Å². The first-order valence-electron chi connectivity index (χ1n) is 6.00. The van der Waals surface area contributed by atoms with Crippen LogP contribution in [0.2, 0.25) is 0 Å². The summed E-state index contributed by atoms with van der Waals surface area (Å²) in [6, 6.07) is 0.0880. The number of hydrogen-bond acceptors (Lipinski definition) is 4. The fraction of sp³-hybridized carbons (Fsp3) is 1.00. The Bertz CT molecular complexity index is 300. The van der Waals surface area contributed by atoms with E-state index in [-0.39, 0.29) is 6.04 Å². The van der Waals surface area contributed by atoms with Crippen molar-refractivity contribution in [3.8, 4) is 0 Å². The third-order valence-electron chi connectivity index (χ3n) is 3.03. The Balaban J connectivity index is 2.50. The van der Waals surface area contributed by atoms with E-state index in [4.69, 9.17) is 4.74 Å². The lowest BCUT2D eigenvalue weighted by Crippen LogP contribution is -2.45. The summed E-state index contributed by atoms with van der Waals surface area (Å²) < 4.78 is 32.7. The first-order valence-corrected chi connectivity index (χ1v) is 7.44. The number of ether oxygens (including phenoxy) is 1. The molecule has 0 aromatic heterocycles. The molecule has 1 aliphatic heterocycles. The molecule has 1 unspecified atom stereocenters. The maximum atomic E-state index is 12.0. The number of rotatable bonds is 6. The monoisotopic (exact) mass is 265 g/mol. The molecule has 6 nitrogen and oxygen atoms in total. The van der Waals surface area contributed by atoms with Gasteiger partial charge < -0.3 is 10.1 Å². The summed E-state index contributed by atoms with van der Waals surface area (Å²) in [5.41, 5.74) is 0. The molecule has 102 valence electrons. The van der Waals surface area contributed by atoms with Crippen molar-refractivity contribution in [1.29, 1.82) is 0 Å². The molecule has 1 rings (SSSR count). The van der Waals surface area contributed by atoms with Gasteiger partial charge in [-0.3, -0.25) is 0 Å². The molecule has 0 aromatic carbocycles. The molecule has 1 fully saturated rings. The van der Waals surface area contributed by atoms with Crippen LogP contribution in [0.5, 0.6) is 0 Å². The summed E-state index contributed by atoms with van der Waals surface area (Å²) >= 11 is 0. The van der Waals surface area contributed by atoms with Crippen molar-refractivity contribution >= 4 is 10.2 Å². The highest BCUT2D eigenvalue weighted by Crippen LogP contribution is 2.14. The van der Waals surface area contributed by atoms with Gasteiger partial charge in [0.25, 0.3) is 10.2 Å². The van der Waals surface area contributed by atoms with E-state index in [1.54, 1.807) is 14.2 Å². The summed E-state index contributed by atoms with van der Waals surface area (Å²) in [6.07, 6.45) is 2.79. The van der Waals surface area contributed by atoms with Gasteiger partial charge in [-0.1, -0.05) is 0 Å². The third-order valence-corrected chi connectivity index (χ3v) is 4.65. The van der Waals surface area contributed by atoms with Gasteiger partial charge in [0.15, 0.2) is 0 Å². The molecule has 0 radical (unpaired) electrons. The number of hydrogen-bond donors (Lipinski definition) is 2. The van der Waals surface area contributed by atoms with E-state index in [2.05, 4.69) is 10.0 Å². The zero-order chi connectivity index (χ0) is 12.7. The van der Waals surface area contributed by atoms with Crippen LogP contribution in [-0.4, -0.2) is 59.2 Å². The van der Waals surface area contributed by atoms with Crippen LogP contribution in [0.1, 0.15) is 19.3 Å². The quantitative estimate of drug-likeness (QED) is 0.638. The lowest BCUT2D eigenvalue weighted by atomic mass is 10.1. The van der Waals surface area contributed by atoms with Gasteiger partial charge >= 0.3 is 0 Å². The lowest BCUT2D eigenvalue weighted by molar-refractivity contribution is 0.203. The second-order valence-corrected chi connectivity index (χ2v) is 6.06. The largest absolute Gasteiger partial charge is 0.383 e. The second kappa shape index (κ2) is 7.27. The maximum Gasteiger partial charge on any atom is 0.279 e. The van der Waals surface area contributed by atoms with Gasteiger partial charge in [0.05, 0.1) is 6.61 Å². The Kier molecular flexibility index (Phi) is 6.35. The summed E-state index contributed by atoms with van der Waals surface area (Å²) in [7, 11) is -0.178. The molecule has 1 atom stereocenters. The summed E-state index contributed by atoms with van der Waals surface area (Å²) in [5, 5.41) is 3.27. The van der Waals surface area contributed by atoms with Crippen molar-refractivity contribution in [3.05, 3.63) is 0 Å². The zero-order valence-corrected chi connectivity index (χ0v) is 11.4. The number of nitrogens with one attached hydrogen (secondary N) is 2. The normalized spacial score (nSPS) is 22.6. The second-order valence-electron chi connectivity index (χ2n) is 4.24. The molecule has 7 heteroatoms. The average Bonchev–Trinajstić information content (AvgIpc) is 2.56. The van der Waals surface area contributed by atoms with Gasteiger partial charge in [0, 0.05) is 26.7 Å². The highest BCUT2D eigenvalue weighted by molar-refractivity contribution is 7.87. The van der Waals surface area contributed by atoms with E-state index in [0.29, 0.717) is 13.2 Å². The first-order chi connectivity index (χ1) is 8.08. The van der Waals surface area contributed by atoms with Crippen LogP contribution in [0.15, 0.2) is 0 Å². The fourth-order valence-electron chi connectivity index (χ4n) is 1.94. The molecule has 2 N–H and O–H groups in total. The smallest absolute Gasteiger partial charge is 0.279 e. The third kappa shape index (κ3) is 4.89. The predicted octanol–water partition coefficient (Wildman–Crippen LogP) is -0.459. The molecule has 0 spiro atoms. The minimum absolute atomic E-state index is 0.0880. The SMILES string of the molecule is COCCNS(=O)(=O)N(C)C1CCCNCC1. The maximum absolute atomic E-state index is 12.0. The fourth-order valence-corrected chi connectivity index (χ4v) is 3.08. The van der Waals surface area contributed by atoms with Crippen LogP contribution in [0.25, 0.3) is 0 Å². The van der Waals surface area contributed by atoms with E-state index in [1.165, 1.54) is 4.31 Å². The van der Waals surface area contributed by atoms with Gasteiger partial charge in [0.2, 0.25) is 0 Å². The Hall–Kier alpha value is -0.210. The minimum atomic E-state index is -3.37. The van der Waals surface area contributed by atoms with Gasteiger partial charge in [-0.15, -0.1) is 0 Å². The molecule has 0 saturated carbocycles. The first kappa shape index (κ1) is 14.8. The van der Waals surface area contributed by atoms with Crippen LogP contribution in [0.3, 0.4) is 0 Å². The summed E-state index contributed by atoms with van der Waals surface area (Å²) in [6.45, 7) is 2.55. The summed E-state index contributed by atoms with van der Waals surface area (Å²) in [4.78, 5) is 0. The molecule has 0 amide bonds. The number of methoxy groups -OCH3 is 1. The van der Waals surface area contributed by atoms with E-state index in [0.717, 1.165) is 32.4 Å². The molecule has 0 bridgehead atoms. The Labute approximate surface area is 104 Å². The standard InChI is InChI=1S/C10H23N3O3S/c1-13(10-4-3-6-11-7-5-10)17(14,15)12-8-9-16-2/h10-12H,3-9H2,1-2H3. The molecule has 1 heterocycles. The van der Waals surface area contributed by atoms with E-state index < -0.39 is 10.2 Å². The lowest BCUT2D eigenvalue weighted by Gasteiger charge is -2.26. The summed E-state index contributed by atoms with van der Waals surface area (Å²) in [5.74, 6) is 0. The van der Waals surface area contributed by atoms with Gasteiger partial charge in [-0.25, -0.2) is 0 Å². The van der Waals surface area contributed by atoms with Crippen molar-refractivity contribution in [2.45, 2.75) is 25.3 Å². The van der Waals surface area contributed by atoms with Crippen LogP contribution in [0, 0.1) is 0 Å². The van der Waals surface area contributed by atoms with Crippen LogP contribution in [-0.2, 0) is 14.9 Å². The Morgan fingerprint density at radius 2 is 2.18 bits per heavy atom. The van der Waals surface area contributed by atoms with Crippen molar-refractivity contribution < 1.29 is 13.2 Å². The molecule has 1 aliphatic rings. The van der Waals surface area contributed by atoms with Crippen LogP contribution < -0.4 is 10.0 Å². The highest BCUT2D eigenvalue weighted by atomic mass is 32.2. The van der Waals surface area contributed by atoms with E-state index in [9.17, 15) is 8.42 Å². The molecule has 1 saturated heterocycles. The minimum Gasteiger partial charge on any atom is -0.383 e. The zero-order valence-electron chi connectivity index (χ0n) is 10.6. The molecule has 0 aromatic rings. The van der Waals surface area contributed by atoms with Gasteiger partial charge in [0.1, 0.15) is 0 Å². The van der Waals surface area contributed by atoms with E-state index >= 15 is 0 Å². The van der Waals surface area contributed by atoms with Crippen molar-refractivity contribution in [1.82, 2.24) is 14.3 Å².